The van der Waals surface area contributed by atoms with Crippen LogP contribution >= 0.6 is 0 Å². The van der Waals surface area contributed by atoms with E-state index in [1.165, 1.54) is 0 Å². The Kier molecular flexibility index (Phi) is 4.10. The summed E-state index contributed by atoms with van der Waals surface area (Å²) in [5, 5.41) is 0. The van der Waals surface area contributed by atoms with Crippen molar-refractivity contribution in [3.8, 4) is 0 Å². The zero-order valence-electron chi connectivity index (χ0n) is 8.62. The molecule has 14 heavy (non-hydrogen) atoms. The molecular weight excluding hydrogens is 184 g/mol. The molecule has 0 spiro atoms. The minimum Gasteiger partial charge on any atom is -0.466 e. The fraction of sp³-hybridized carbons (Fsp3) is 0.700. The molecule has 0 unspecified atom stereocenters. The highest BCUT2D eigenvalue weighted by molar-refractivity contribution is 5.71. The summed E-state index contributed by atoms with van der Waals surface area (Å²) in [6, 6.07) is 0. The van der Waals surface area contributed by atoms with E-state index in [2.05, 4.69) is 0 Å². The van der Waals surface area contributed by atoms with E-state index in [1.54, 1.807) is 19.1 Å². The van der Waals surface area contributed by atoms with Gasteiger partial charge in [-0.05, 0) is 19.9 Å². The number of esters is 1. The summed E-state index contributed by atoms with van der Waals surface area (Å²) in [6.07, 6.45) is 3.72. The fourth-order valence-corrected chi connectivity index (χ4v) is 1.22. The van der Waals surface area contributed by atoms with Gasteiger partial charge in [0.25, 0.3) is 0 Å². The van der Waals surface area contributed by atoms with Gasteiger partial charge in [0.05, 0.1) is 26.2 Å². The van der Waals surface area contributed by atoms with E-state index in [1.807, 2.05) is 6.92 Å². The van der Waals surface area contributed by atoms with Crippen LogP contribution in [-0.2, 0) is 19.0 Å². The summed E-state index contributed by atoms with van der Waals surface area (Å²) in [5.41, 5.74) is 0. The first-order chi connectivity index (χ1) is 6.66. The zero-order chi connectivity index (χ0) is 10.4. The lowest BCUT2D eigenvalue weighted by Gasteiger charge is -2.16. The molecular formula is C10H16O4. The summed E-state index contributed by atoms with van der Waals surface area (Å²) >= 11 is 0. The zero-order valence-corrected chi connectivity index (χ0v) is 8.62. The molecule has 0 saturated carbocycles. The van der Waals surface area contributed by atoms with Gasteiger partial charge in [-0.2, -0.15) is 0 Å². The Hall–Kier alpha value is -0.870. The summed E-state index contributed by atoms with van der Waals surface area (Å²) in [5.74, 6) is -0.891. The molecule has 1 heterocycles. The van der Waals surface area contributed by atoms with Crippen molar-refractivity contribution in [2.45, 2.75) is 26.1 Å². The van der Waals surface area contributed by atoms with Crippen LogP contribution in [0.15, 0.2) is 12.2 Å². The van der Waals surface area contributed by atoms with Crippen LogP contribution in [0.1, 0.15) is 20.3 Å². The normalized spacial score (nSPS) is 20.1. The highest BCUT2D eigenvalue weighted by Crippen LogP contribution is 2.19. The molecule has 0 aromatic rings. The molecule has 0 amide bonds. The molecule has 0 aromatic heterocycles. The molecule has 1 saturated heterocycles. The predicted octanol–water partition coefficient (Wildman–Crippen LogP) is 1.26. The topological polar surface area (TPSA) is 44.8 Å². The summed E-state index contributed by atoms with van der Waals surface area (Å²) in [7, 11) is 0. The second-order valence-corrected chi connectivity index (χ2v) is 3.12. The van der Waals surface area contributed by atoms with Crippen molar-refractivity contribution >= 4 is 5.97 Å². The van der Waals surface area contributed by atoms with Gasteiger partial charge in [0, 0.05) is 0 Å². The van der Waals surface area contributed by atoms with Gasteiger partial charge in [0.1, 0.15) is 0 Å². The van der Waals surface area contributed by atoms with Crippen LogP contribution in [0.4, 0.5) is 0 Å². The highest BCUT2D eigenvalue weighted by Gasteiger charge is 2.27. The number of carbonyl (C=O) groups is 1. The number of ether oxygens (including phenoxy) is 3. The minimum absolute atomic E-state index is 0.231. The quantitative estimate of drug-likeness (QED) is 0.506. The minimum atomic E-state index is -0.660. The van der Waals surface area contributed by atoms with E-state index in [9.17, 15) is 4.79 Å². The van der Waals surface area contributed by atoms with Gasteiger partial charge < -0.3 is 14.2 Å². The Morgan fingerprint density at radius 3 is 2.71 bits per heavy atom. The summed E-state index contributed by atoms with van der Waals surface area (Å²) in [4.78, 5) is 11.0. The van der Waals surface area contributed by atoms with Crippen LogP contribution in [0.2, 0.25) is 0 Å². The largest absolute Gasteiger partial charge is 0.466 e. The Labute approximate surface area is 83.8 Å². The number of carbonyl (C=O) groups excluding carboxylic acids is 1. The third kappa shape index (κ3) is 3.47. The Bertz CT molecular complexity index is 216. The van der Waals surface area contributed by atoms with Gasteiger partial charge in [-0.3, -0.25) is 4.79 Å². The van der Waals surface area contributed by atoms with Crippen molar-refractivity contribution in [2.75, 3.05) is 19.8 Å². The van der Waals surface area contributed by atoms with E-state index in [4.69, 9.17) is 14.2 Å². The molecule has 0 bridgehead atoms. The lowest BCUT2D eigenvalue weighted by atomic mass is 10.2. The van der Waals surface area contributed by atoms with Crippen molar-refractivity contribution in [2.24, 2.45) is 0 Å². The maximum absolute atomic E-state index is 11.0. The first-order valence-corrected chi connectivity index (χ1v) is 4.77. The molecule has 1 fully saturated rings. The van der Waals surface area contributed by atoms with Crippen LogP contribution in [0.3, 0.4) is 0 Å². The lowest BCUT2D eigenvalue weighted by molar-refractivity contribution is -0.142. The van der Waals surface area contributed by atoms with Crippen molar-refractivity contribution in [3.05, 3.63) is 12.2 Å². The molecule has 0 N–H and O–H groups in total. The summed E-state index contributed by atoms with van der Waals surface area (Å²) in [6.45, 7) is 5.21. The second kappa shape index (κ2) is 5.12. The maximum Gasteiger partial charge on any atom is 0.309 e. The third-order valence-corrected chi connectivity index (χ3v) is 1.87. The van der Waals surface area contributed by atoms with Gasteiger partial charge in [0.2, 0.25) is 0 Å². The van der Waals surface area contributed by atoms with E-state index in [0.29, 0.717) is 19.8 Å². The van der Waals surface area contributed by atoms with Crippen LogP contribution in [0.5, 0.6) is 0 Å². The van der Waals surface area contributed by atoms with Gasteiger partial charge in [-0.1, -0.05) is 6.08 Å². The first-order valence-electron chi connectivity index (χ1n) is 4.77. The molecule has 80 valence electrons. The highest BCUT2D eigenvalue weighted by atomic mass is 16.7. The molecule has 1 aliphatic heterocycles. The molecule has 0 radical (unpaired) electrons. The number of hydrogen-bond donors (Lipinski definition) is 0. The summed E-state index contributed by atoms with van der Waals surface area (Å²) < 4.78 is 15.4. The molecule has 1 rings (SSSR count). The van der Waals surface area contributed by atoms with E-state index in [0.717, 1.165) is 0 Å². The van der Waals surface area contributed by atoms with Gasteiger partial charge in [-0.25, -0.2) is 0 Å². The van der Waals surface area contributed by atoms with Gasteiger partial charge in [-0.15, -0.1) is 0 Å². The molecule has 4 nitrogen and oxygen atoms in total. The standard InChI is InChI=1S/C10H16O4/c1-3-12-9(11)5-4-6-10(2)13-7-8-14-10/h4,6H,3,5,7-8H2,1-2H3/b6-4+. The molecule has 0 aromatic carbocycles. The van der Waals surface area contributed by atoms with Crippen LogP contribution in [-0.4, -0.2) is 31.6 Å². The van der Waals surface area contributed by atoms with Crippen LogP contribution < -0.4 is 0 Å². The monoisotopic (exact) mass is 200 g/mol. The first kappa shape index (κ1) is 11.2. The van der Waals surface area contributed by atoms with E-state index < -0.39 is 5.79 Å². The number of hydrogen-bond acceptors (Lipinski definition) is 4. The number of rotatable bonds is 4. The second-order valence-electron chi connectivity index (χ2n) is 3.12. The van der Waals surface area contributed by atoms with E-state index >= 15 is 0 Å². The van der Waals surface area contributed by atoms with Gasteiger partial charge >= 0.3 is 5.97 Å². The van der Waals surface area contributed by atoms with Crippen molar-refractivity contribution in [1.29, 1.82) is 0 Å². The molecule has 1 aliphatic rings. The van der Waals surface area contributed by atoms with Crippen molar-refractivity contribution in [1.82, 2.24) is 0 Å². The van der Waals surface area contributed by atoms with E-state index in [-0.39, 0.29) is 12.4 Å². The van der Waals surface area contributed by atoms with Crippen molar-refractivity contribution < 1.29 is 19.0 Å². The third-order valence-electron chi connectivity index (χ3n) is 1.87. The van der Waals surface area contributed by atoms with Crippen LogP contribution in [0.25, 0.3) is 0 Å². The lowest BCUT2D eigenvalue weighted by Crippen LogP contribution is -2.21. The van der Waals surface area contributed by atoms with Gasteiger partial charge in [0.15, 0.2) is 5.79 Å². The molecule has 0 aliphatic carbocycles. The Balaban J connectivity index is 2.29. The molecule has 0 atom stereocenters. The Morgan fingerprint density at radius 2 is 2.14 bits per heavy atom. The van der Waals surface area contributed by atoms with Crippen LogP contribution in [0, 0.1) is 0 Å². The van der Waals surface area contributed by atoms with Crippen molar-refractivity contribution in [3.63, 3.8) is 0 Å². The SMILES string of the molecule is CCOC(=O)C/C=C/C1(C)OCCO1. The predicted molar refractivity (Wildman–Crippen MR) is 50.7 cm³/mol. The molecule has 4 heteroatoms. The Morgan fingerprint density at radius 1 is 1.50 bits per heavy atom. The average molecular weight is 200 g/mol. The fourth-order valence-electron chi connectivity index (χ4n) is 1.22. The maximum atomic E-state index is 11.0. The smallest absolute Gasteiger partial charge is 0.309 e. The average Bonchev–Trinajstić information content (AvgIpc) is 2.53.